The molecule has 0 aliphatic rings. The van der Waals surface area contributed by atoms with E-state index in [4.69, 9.17) is 5.84 Å². The molecule has 0 aliphatic heterocycles. The van der Waals surface area contributed by atoms with Crippen LogP contribution >= 0.6 is 11.3 Å². The van der Waals surface area contributed by atoms with Crippen LogP contribution in [-0.4, -0.2) is 4.98 Å². The number of rotatable bonds is 1. The highest BCUT2D eigenvalue weighted by Gasteiger charge is 2.07. The highest BCUT2D eigenvalue weighted by molar-refractivity contribution is 7.22. The van der Waals surface area contributed by atoms with Crippen LogP contribution in [0, 0.1) is 12.7 Å². The van der Waals surface area contributed by atoms with Gasteiger partial charge < -0.3 is 0 Å². The third-order valence-corrected chi connectivity index (χ3v) is 2.82. The number of hydrazine groups is 1. The highest BCUT2D eigenvalue weighted by Crippen LogP contribution is 2.28. The maximum absolute atomic E-state index is 13.1. The summed E-state index contributed by atoms with van der Waals surface area (Å²) in [5.41, 5.74) is 3.69. The second kappa shape index (κ2) is 2.93. The van der Waals surface area contributed by atoms with E-state index >= 15 is 0 Å². The molecule has 0 radical (unpaired) electrons. The number of nitrogens with two attached hydrogens (primary N) is 1. The molecule has 5 heteroatoms. The van der Waals surface area contributed by atoms with Crippen LogP contribution in [0.2, 0.25) is 0 Å². The lowest BCUT2D eigenvalue weighted by molar-refractivity contribution is 0.620. The fourth-order valence-electron chi connectivity index (χ4n) is 1.16. The van der Waals surface area contributed by atoms with Crippen molar-refractivity contribution >= 4 is 26.7 Å². The van der Waals surface area contributed by atoms with E-state index in [-0.39, 0.29) is 5.82 Å². The topological polar surface area (TPSA) is 50.9 Å². The largest absolute Gasteiger partial charge is 0.300 e. The van der Waals surface area contributed by atoms with Gasteiger partial charge in [0.15, 0.2) is 5.13 Å². The van der Waals surface area contributed by atoms with Crippen molar-refractivity contribution in [2.24, 2.45) is 5.84 Å². The summed E-state index contributed by atoms with van der Waals surface area (Å²) < 4.78 is 14.0. The first-order valence-electron chi connectivity index (χ1n) is 3.74. The van der Waals surface area contributed by atoms with Crippen LogP contribution in [0.25, 0.3) is 10.2 Å². The molecule has 2 aromatic rings. The van der Waals surface area contributed by atoms with E-state index in [9.17, 15) is 4.39 Å². The lowest BCUT2D eigenvalue weighted by Gasteiger charge is -1.94. The van der Waals surface area contributed by atoms with Gasteiger partial charge in [-0.2, -0.15) is 0 Å². The Kier molecular flexibility index (Phi) is 1.90. The van der Waals surface area contributed by atoms with Crippen LogP contribution in [0.15, 0.2) is 12.1 Å². The first-order chi connectivity index (χ1) is 6.22. The molecule has 3 N–H and O–H groups in total. The Morgan fingerprint density at radius 2 is 2.31 bits per heavy atom. The molecule has 0 unspecified atom stereocenters. The van der Waals surface area contributed by atoms with Gasteiger partial charge in [-0.25, -0.2) is 15.2 Å². The van der Waals surface area contributed by atoms with E-state index in [1.165, 1.54) is 17.4 Å². The Hall–Kier alpha value is -1.20. The number of hydrogen-bond donors (Lipinski definition) is 2. The van der Waals surface area contributed by atoms with Crippen molar-refractivity contribution in [3.63, 3.8) is 0 Å². The van der Waals surface area contributed by atoms with Gasteiger partial charge in [-0.3, -0.25) is 5.43 Å². The fraction of sp³-hybridized carbons (Fsp3) is 0.125. The van der Waals surface area contributed by atoms with Gasteiger partial charge >= 0.3 is 0 Å². The van der Waals surface area contributed by atoms with E-state index in [1.54, 1.807) is 13.0 Å². The molecule has 2 rings (SSSR count). The summed E-state index contributed by atoms with van der Waals surface area (Å²) in [6, 6.07) is 3.15. The molecule has 0 aliphatic carbocycles. The van der Waals surface area contributed by atoms with Crippen molar-refractivity contribution in [1.29, 1.82) is 0 Å². The zero-order chi connectivity index (χ0) is 9.42. The summed E-state index contributed by atoms with van der Waals surface area (Å²) in [7, 11) is 0. The molecule has 1 aromatic heterocycles. The molecule has 0 atom stereocenters. The lowest BCUT2D eigenvalue weighted by atomic mass is 10.2. The van der Waals surface area contributed by atoms with Crippen LogP contribution in [0.5, 0.6) is 0 Å². The Bertz CT molecular complexity index is 452. The summed E-state index contributed by atoms with van der Waals surface area (Å²) in [6.45, 7) is 1.71. The number of nitrogen functional groups attached to an aromatic ring is 1. The van der Waals surface area contributed by atoms with Crippen LogP contribution < -0.4 is 11.3 Å². The molecule has 13 heavy (non-hydrogen) atoms. The first-order valence-corrected chi connectivity index (χ1v) is 4.56. The molecule has 0 bridgehead atoms. The minimum absolute atomic E-state index is 0.235. The number of anilines is 1. The maximum atomic E-state index is 13.1. The average Bonchev–Trinajstić information content (AvgIpc) is 2.55. The lowest BCUT2D eigenvalue weighted by Crippen LogP contribution is -2.05. The molecular weight excluding hydrogens is 189 g/mol. The van der Waals surface area contributed by atoms with E-state index in [0.717, 1.165) is 4.70 Å². The van der Waals surface area contributed by atoms with Crippen LogP contribution in [0.3, 0.4) is 0 Å². The van der Waals surface area contributed by atoms with E-state index in [1.807, 2.05) is 0 Å². The monoisotopic (exact) mass is 197 g/mol. The standard InChI is InChI=1S/C8H8FN3S/c1-4-5(9)2-3-6-7(4)11-8(12-10)13-6/h2-3H,10H2,1H3,(H,11,12). The SMILES string of the molecule is Cc1c(F)ccc2sc(NN)nc12. The average molecular weight is 197 g/mol. The van der Waals surface area contributed by atoms with E-state index < -0.39 is 0 Å². The zero-order valence-corrected chi connectivity index (χ0v) is 7.78. The van der Waals surface area contributed by atoms with Gasteiger partial charge in [0, 0.05) is 5.56 Å². The van der Waals surface area contributed by atoms with Gasteiger partial charge in [-0.05, 0) is 19.1 Å². The molecule has 0 saturated carbocycles. The molecule has 0 amide bonds. The first kappa shape index (κ1) is 8.40. The van der Waals surface area contributed by atoms with Crippen molar-refractivity contribution in [3.8, 4) is 0 Å². The van der Waals surface area contributed by atoms with E-state index in [2.05, 4.69) is 10.4 Å². The van der Waals surface area contributed by atoms with Gasteiger partial charge in [0.1, 0.15) is 5.82 Å². The highest BCUT2D eigenvalue weighted by atomic mass is 32.1. The molecule has 0 saturated heterocycles. The summed E-state index contributed by atoms with van der Waals surface area (Å²) in [5, 5.41) is 0.601. The van der Waals surface area contributed by atoms with Crippen molar-refractivity contribution in [1.82, 2.24) is 4.98 Å². The fourth-order valence-corrected chi connectivity index (χ4v) is 2.00. The van der Waals surface area contributed by atoms with Gasteiger partial charge in [0.05, 0.1) is 10.2 Å². The number of fused-ring (bicyclic) bond motifs is 1. The van der Waals surface area contributed by atoms with Gasteiger partial charge in [0.25, 0.3) is 0 Å². The van der Waals surface area contributed by atoms with Gasteiger partial charge in [-0.15, -0.1) is 0 Å². The minimum atomic E-state index is -0.235. The number of benzene rings is 1. The Morgan fingerprint density at radius 3 is 3.00 bits per heavy atom. The Morgan fingerprint density at radius 1 is 1.54 bits per heavy atom. The number of hydrogen-bond acceptors (Lipinski definition) is 4. The number of aryl methyl sites for hydroxylation is 1. The van der Waals surface area contributed by atoms with Crippen molar-refractivity contribution in [2.75, 3.05) is 5.43 Å². The molecule has 1 aromatic carbocycles. The number of nitrogens with zero attached hydrogens (tertiary/aromatic N) is 1. The van der Waals surface area contributed by atoms with Crippen molar-refractivity contribution < 1.29 is 4.39 Å². The quantitative estimate of drug-likeness (QED) is 0.543. The van der Waals surface area contributed by atoms with E-state index in [0.29, 0.717) is 16.2 Å². The summed E-state index contributed by atoms with van der Waals surface area (Å²) in [6.07, 6.45) is 0. The Labute approximate surface area is 78.4 Å². The summed E-state index contributed by atoms with van der Waals surface area (Å²) in [4.78, 5) is 4.13. The Balaban J connectivity index is 2.76. The zero-order valence-electron chi connectivity index (χ0n) is 6.97. The normalized spacial score (nSPS) is 10.7. The van der Waals surface area contributed by atoms with Crippen LogP contribution in [-0.2, 0) is 0 Å². The third-order valence-electron chi connectivity index (χ3n) is 1.87. The molecule has 0 fully saturated rings. The molecule has 68 valence electrons. The predicted octanol–water partition coefficient (Wildman–Crippen LogP) is 2.03. The number of nitrogens with one attached hydrogen (secondary N) is 1. The van der Waals surface area contributed by atoms with Crippen LogP contribution in [0.4, 0.5) is 9.52 Å². The van der Waals surface area contributed by atoms with Gasteiger partial charge in [0.2, 0.25) is 0 Å². The van der Waals surface area contributed by atoms with Crippen LogP contribution in [0.1, 0.15) is 5.56 Å². The second-order valence-electron chi connectivity index (χ2n) is 2.68. The van der Waals surface area contributed by atoms with Crippen molar-refractivity contribution in [2.45, 2.75) is 6.92 Å². The summed E-state index contributed by atoms with van der Waals surface area (Å²) >= 11 is 1.41. The second-order valence-corrected chi connectivity index (χ2v) is 3.71. The maximum Gasteiger partial charge on any atom is 0.198 e. The molecular formula is C8H8FN3S. The smallest absolute Gasteiger partial charge is 0.198 e. The summed E-state index contributed by atoms with van der Waals surface area (Å²) in [5.74, 6) is 4.97. The third kappa shape index (κ3) is 1.26. The number of halogens is 1. The number of aromatic nitrogens is 1. The molecule has 0 spiro atoms. The minimum Gasteiger partial charge on any atom is -0.300 e. The molecule has 3 nitrogen and oxygen atoms in total. The predicted molar refractivity (Wildman–Crippen MR) is 52.1 cm³/mol. The number of thiazole rings is 1. The molecule has 1 heterocycles. The van der Waals surface area contributed by atoms with Crippen molar-refractivity contribution in [3.05, 3.63) is 23.5 Å². The van der Waals surface area contributed by atoms with Gasteiger partial charge in [-0.1, -0.05) is 11.3 Å².